The molecule has 0 aromatic heterocycles. The van der Waals surface area contributed by atoms with Gasteiger partial charge in [0.15, 0.2) is 11.0 Å². The van der Waals surface area contributed by atoms with Crippen molar-refractivity contribution in [2.75, 3.05) is 19.0 Å². The monoisotopic (exact) mass is 545 g/mol. The molecule has 0 aliphatic carbocycles. The van der Waals surface area contributed by atoms with Gasteiger partial charge in [0.2, 0.25) is 10.2 Å². The minimum absolute atomic E-state index is 0.0633. The van der Waals surface area contributed by atoms with Crippen LogP contribution in [0.15, 0.2) is 11.3 Å². The largest absolute Gasteiger partial charge is 0.461 e. The van der Waals surface area contributed by atoms with Crippen LogP contribution in [0, 0.1) is 0 Å². The predicted molar refractivity (Wildman–Crippen MR) is 119 cm³/mol. The maximum Gasteiger partial charge on any atom is 0.408 e. The molecule has 184 valence electrons. The number of nitrogens with zero attached hydrogens (tertiary/aromatic N) is 1. The summed E-state index contributed by atoms with van der Waals surface area (Å²) in [4.78, 5) is 60.3. The Hall–Kier alpha value is -1.89. The van der Waals surface area contributed by atoms with Crippen molar-refractivity contribution in [1.82, 2.24) is 15.5 Å². The molecule has 11 nitrogen and oxygen atoms in total. The molecule has 2 rings (SSSR count). The molecule has 0 spiro atoms. The number of hydrogen-bond donors (Lipinski definition) is 2. The van der Waals surface area contributed by atoms with Crippen LogP contribution in [-0.4, -0.2) is 74.6 Å². The number of carbonyl (C=O) groups excluding carboxylic acids is 5. The Morgan fingerprint density at radius 1 is 1.24 bits per heavy atom. The minimum Gasteiger partial charge on any atom is -0.461 e. The van der Waals surface area contributed by atoms with E-state index in [0.717, 1.165) is 16.7 Å². The van der Waals surface area contributed by atoms with Crippen molar-refractivity contribution in [2.24, 2.45) is 0 Å². The normalized spacial score (nSPS) is 22.6. The molecule has 1 unspecified atom stereocenters. The zero-order chi connectivity index (χ0) is 25.2. The molecule has 33 heavy (non-hydrogen) atoms. The number of fused-ring (bicyclic) bond motifs is 1. The molecule has 2 N–H and O–H groups in total. The first-order valence-corrected chi connectivity index (χ1v) is 11.5. The highest BCUT2D eigenvalue weighted by Gasteiger charge is 2.66. The molecular weight excluding hydrogens is 525 g/mol. The Balaban J connectivity index is 2.38. The quantitative estimate of drug-likeness (QED) is 0.160. The topological polar surface area (TPSA) is 140 Å². The van der Waals surface area contributed by atoms with Gasteiger partial charge in [0, 0.05) is 18.2 Å². The lowest BCUT2D eigenvalue weighted by Gasteiger charge is -2.58. The Bertz CT molecular complexity index is 886. The zero-order valence-electron chi connectivity index (χ0n) is 18.0. The van der Waals surface area contributed by atoms with Crippen molar-refractivity contribution >= 4 is 76.9 Å². The number of esters is 2. The summed E-state index contributed by atoms with van der Waals surface area (Å²) in [5.41, 5.74) is -0.815. The Morgan fingerprint density at radius 2 is 1.88 bits per heavy atom. The van der Waals surface area contributed by atoms with Gasteiger partial charge in [-0.15, -0.1) is 11.8 Å². The second kappa shape index (κ2) is 10.2. The molecule has 2 aliphatic rings. The highest BCUT2D eigenvalue weighted by molar-refractivity contribution is 8.01. The summed E-state index contributed by atoms with van der Waals surface area (Å²) in [5.74, 6) is -2.14. The third kappa shape index (κ3) is 6.58. The van der Waals surface area contributed by atoms with Crippen molar-refractivity contribution in [3.05, 3.63) is 11.3 Å². The molecule has 2 atom stereocenters. The van der Waals surface area contributed by atoms with Gasteiger partial charge in [0.1, 0.15) is 24.5 Å². The lowest BCUT2D eigenvalue weighted by atomic mass is 9.97. The van der Waals surface area contributed by atoms with Gasteiger partial charge in [0.05, 0.1) is 0 Å². The summed E-state index contributed by atoms with van der Waals surface area (Å²) in [5, 5.41) is 4.78. The van der Waals surface area contributed by atoms with E-state index in [1.165, 1.54) is 6.92 Å². The maximum absolute atomic E-state index is 13.0. The second-order valence-electron chi connectivity index (χ2n) is 7.92. The number of thioether (sulfide) groups is 1. The van der Waals surface area contributed by atoms with E-state index in [9.17, 15) is 24.0 Å². The maximum atomic E-state index is 13.0. The first-order valence-electron chi connectivity index (χ1n) is 9.39. The highest BCUT2D eigenvalue weighted by atomic mass is 35.6. The van der Waals surface area contributed by atoms with Gasteiger partial charge in [-0.2, -0.15) is 0 Å². The SMILES string of the molecule is CC(=O)OCC1=C(C(=O)OC(C)(C)C)N2C(=O)[C@H](NC(=O)OCC(Cl)(Cl)Cl)C2(NC=O)SC1. The first kappa shape index (κ1) is 27.4. The third-order valence-electron chi connectivity index (χ3n) is 4.15. The van der Waals surface area contributed by atoms with Gasteiger partial charge in [-0.25, -0.2) is 9.59 Å². The van der Waals surface area contributed by atoms with Gasteiger partial charge in [0.25, 0.3) is 5.91 Å². The van der Waals surface area contributed by atoms with Crippen LogP contribution >= 0.6 is 46.6 Å². The van der Waals surface area contributed by atoms with Gasteiger partial charge in [-0.3, -0.25) is 19.3 Å². The smallest absolute Gasteiger partial charge is 0.408 e. The third-order valence-corrected chi connectivity index (χ3v) is 5.95. The fourth-order valence-electron chi connectivity index (χ4n) is 2.97. The van der Waals surface area contributed by atoms with Crippen LogP contribution in [0.5, 0.6) is 0 Å². The van der Waals surface area contributed by atoms with Crippen molar-refractivity contribution in [2.45, 2.75) is 48.1 Å². The Kier molecular flexibility index (Phi) is 8.42. The van der Waals surface area contributed by atoms with Crippen molar-refractivity contribution in [1.29, 1.82) is 0 Å². The average molecular weight is 547 g/mol. The van der Waals surface area contributed by atoms with Crippen molar-refractivity contribution in [3.63, 3.8) is 0 Å². The molecular formula is C18H22Cl3N3O8S. The standard InChI is InChI=1S/C18H22Cl3N3O8S/c1-9(26)30-5-10-6-33-18(22-8-25)12(23-15(29)31-7-17(19,20)21)13(27)24(18)11(10)14(28)32-16(2,3)4/h8,12H,5-7H2,1-4H3,(H,22,25)(H,23,29)/t12-,18?/m0/s1. The van der Waals surface area contributed by atoms with Gasteiger partial charge >= 0.3 is 18.0 Å². The van der Waals surface area contributed by atoms with E-state index in [0.29, 0.717) is 12.0 Å². The zero-order valence-corrected chi connectivity index (χ0v) is 21.1. The fourth-order valence-corrected chi connectivity index (χ4v) is 4.52. The summed E-state index contributed by atoms with van der Waals surface area (Å²) in [6, 6.07) is -1.32. The lowest BCUT2D eigenvalue weighted by molar-refractivity contribution is -0.164. The summed E-state index contributed by atoms with van der Waals surface area (Å²) in [6.45, 7) is 5.23. The van der Waals surface area contributed by atoms with Gasteiger partial charge in [-0.05, 0) is 20.8 Å². The number of alkyl carbamates (subject to hydrolysis) is 1. The second-order valence-corrected chi connectivity index (χ2v) is 11.6. The fraction of sp³-hybridized carbons (Fsp3) is 0.611. The van der Waals surface area contributed by atoms with Crippen LogP contribution in [0.1, 0.15) is 27.7 Å². The predicted octanol–water partition coefficient (Wildman–Crippen LogP) is 1.60. The summed E-state index contributed by atoms with van der Waals surface area (Å²) in [7, 11) is 0. The number of hydrogen-bond acceptors (Lipinski definition) is 9. The lowest BCUT2D eigenvalue weighted by Crippen LogP contribution is -2.83. The van der Waals surface area contributed by atoms with Crippen LogP contribution in [0.3, 0.4) is 0 Å². The van der Waals surface area contributed by atoms with Crippen molar-refractivity contribution < 1.29 is 38.2 Å². The van der Waals surface area contributed by atoms with E-state index in [1.54, 1.807) is 20.8 Å². The van der Waals surface area contributed by atoms with Crippen LogP contribution in [-0.2, 0) is 33.4 Å². The number of ether oxygens (including phenoxy) is 3. The molecule has 2 heterocycles. The molecule has 3 amide bonds. The number of carbonyl (C=O) groups is 5. The average Bonchev–Trinajstić information content (AvgIpc) is 2.66. The molecule has 2 aliphatic heterocycles. The van der Waals surface area contributed by atoms with Gasteiger partial charge < -0.3 is 24.8 Å². The van der Waals surface area contributed by atoms with Gasteiger partial charge in [-0.1, -0.05) is 34.8 Å². The van der Waals surface area contributed by atoms with Crippen LogP contribution in [0.25, 0.3) is 0 Å². The van der Waals surface area contributed by atoms with E-state index >= 15 is 0 Å². The summed E-state index contributed by atoms with van der Waals surface area (Å²) < 4.78 is 13.3. The Labute approximate surface area is 208 Å². The number of halogens is 3. The first-order chi connectivity index (χ1) is 15.1. The van der Waals surface area contributed by atoms with Crippen LogP contribution in [0.4, 0.5) is 4.79 Å². The van der Waals surface area contributed by atoms with Crippen molar-refractivity contribution in [3.8, 4) is 0 Å². The van der Waals surface area contributed by atoms with Crippen LogP contribution in [0.2, 0.25) is 0 Å². The van der Waals surface area contributed by atoms with E-state index in [4.69, 9.17) is 49.0 Å². The molecule has 1 fully saturated rings. The van der Waals surface area contributed by atoms with Crippen LogP contribution < -0.4 is 10.6 Å². The number of rotatable bonds is 7. The molecule has 0 radical (unpaired) electrons. The summed E-state index contributed by atoms with van der Waals surface area (Å²) in [6.07, 6.45) is -0.766. The van der Waals surface area contributed by atoms with E-state index < -0.39 is 51.0 Å². The van der Waals surface area contributed by atoms with E-state index in [2.05, 4.69) is 10.6 Å². The molecule has 1 saturated heterocycles. The van der Waals surface area contributed by atoms with E-state index in [1.807, 2.05) is 0 Å². The molecule has 0 bridgehead atoms. The minimum atomic E-state index is -1.87. The number of alkyl halides is 3. The molecule has 0 aromatic carbocycles. The Morgan fingerprint density at radius 3 is 2.39 bits per heavy atom. The molecule has 15 heteroatoms. The summed E-state index contributed by atoms with van der Waals surface area (Å²) >= 11 is 17.7. The number of nitrogens with one attached hydrogen (secondary N) is 2. The molecule has 0 aromatic rings. The number of β-lactam (4-membered cyclic amide) rings is 1. The highest BCUT2D eigenvalue weighted by Crippen LogP contribution is 2.48. The van der Waals surface area contributed by atoms with E-state index in [-0.39, 0.29) is 18.1 Å². The number of amides is 3. The molecule has 0 saturated carbocycles.